The number of nitrogens with one attached hydrogen (secondary N) is 1. The summed E-state index contributed by atoms with van der Waals surface area (Å²) < 4.78 is 4.69. The predicted octanol–water partition coefficient (Wildman–Crippen LogP) is -0.344. The Morgan fingerprint density at radius 1 is 1.73 bits per heavy atom. The molecule has 0 aliphatic heterocycles. The molecule has 4 N–H and O–H groups in total. The molecule has 2 amide bonds. The number of aromatic hydroxyl groups is 1. The maximum atomic E-state index is 11.2. The number of nitrogens with two attached hydrogens (primary N) is 1. The number of aryl methyl sites for hydroxylation is 1. The van der Waals surface area contributed by atoms with E-state index in [1.807, 2.05) is 0 Å². The lowest BCUT2D eigenvalue weighted by Crippen LogP contribution is -2.27. The van der Waals surface area contributed by atoms with Gasteiger partial charge in [0.2, 0.25) is 0 Å². The summed E-state index contributed by atoms with van der Waals surface area (Å²) in [4.78, 5) is 25.1. The van der Waals surface area contributed by atoms with E-state index in [9.17, 15) is 14.7 Å². The molecule has 0 fully saturated rings. The zero-order chi connectivity index (χ0) is 11.4. The van der Waals surface area contributed by atoms with Crippen molar-refractivity contribution in [1.29, 1.82) is 0 Å². The molecular weight excluding hydrogens is 202 g/mol. The highest BCUT2D eigenvalue weighted by Gasteiger charge is 2.07. The Labute approximate surface area is 84.2 Å². The number of hydrogen-bond acceptors (Lipinski definition) is 5. The number of urea groups is 1. The number of hydrazine groups is 1. The molecule has 0 atom stereocenters. The number of nitrogens with zero attached hydrogens (tertiary/aromatic N) is 1. The van der Waals surface area contributed by atoms with Crippen LogP contribution in [0, 0.1) is 6.92 Å². The van der Waals surface area contributed by atoms with Crippen LogP contribution in [0.25, 0.3) is 0 Å². The minimum Gasteiger partial charge on any atom is -0.507 e. The molecule has 1 aromatic heterocycles. The molecule has 0 unspecified atom stereocenters. The number of amides is 2. The van der Waals surface area contributed by atoms with Crippen molar-refractivity contribution in [2.24, 2.45) is 10.8 Å². The Balaban J connectivity index is 3.11. The summed E-state index contributed by atoms with van der Waals surface area (Å²) in [6.07, 6.45) is 0.878. The minimum absolute atomic E-state index is 0.204. The molecule has 0 saturated carbocycles. The van der Waals surface area contributed by atoms with Gasteiger partial charge in [0.05, 0.1) is 6.21 Å². The summed E-state index contributed by atoms with van der Waals surface area (Å²) in [5.41, 5.74) is 0.753. The fourth-order valence-corrected chi connectivity index (χ4v) is 0.885. The van der Waals surface area contributed by atoms with E-state index in [1.54, 1.807) is 5.43 Å². The van der Waals surface area contributed by atoms with Gasteiger partial charge in [-0.3, -0.25) is 5.43 Å². The van der Waals surface area contributed by atoms with Gasteiger partial charge in [0.25, 0.3) is 0 Å². The molecule has 7 nitrogen and oxygen atoms in total. The van der Waals surface area contributed by atoms with Crippen LogP contribution in [-0.2, 0) is 0 Å². The third kappa shape index (κ3) is 2.64. The third-order valence-corrected chi connectivity index (χ3v) is 1.52. The molecule has 0 saturated heterocycles. The molecule has 0 aliphatic rings. The second kappa shape index (κ2) is 4.38. The monoisotopic (exact) mass is 211 g/mol. The van der Waals surface area contributed by atoms with Gasteiger partial charge in [-0.15, -0.1) is 0 Å². The summed E-state index contributed by atoms with van der Waals surface area (Å²) in [7, 11) is 0. The molecule has 0 aromatic carbocycles. The van der Waals surface area contributed by atoms with Crippen LogP contribution in [0.4, 0.5) is 4.79 Å². The largest absolute Gasteiger partial charge is 0.507 e. The van der Waals surface area contributed by atoms with Crippen molar-refractivity contribution in [3.63, 3.8) is 0 Å². The van der Waals surface area contributed by atoms with Gasteiger partial charge < -0.3 is 9.52 Å². The third-order valence-electron chi connectivity index (χ3n) is 1.52. The number of hydrogen-bond donors (Lipinski definition) is 3. The van der Waals surface area contributed by atoms with Gasteiger partial charge in [-0.05, 0) is 6.92 Å². The fourth-order valence-electron chi connectivity index (χ4n) is 0.885. The molecule has 0 radical (unpaired) electrons. The Morgan fingerprint density at radius 3 is 2.93 bits per heavy atom. The second-order valence-electron chi connectivity index (χ2n) is 2.65. The molecule has 0 bridgehead atoms. The van der Waals surface area contributed by atoms with E-state index in [1.165, 1.54) is 13.0 Å². The van der Waals surface area contributed by atoms with E-state index in [0.29, 0.717) is 0 Å². The number of aliphatic imine (C=N–C) groups is 1. The van der Waals surface area contributed by atoms with Crippen molar-refractivity contribution in [3.05, 3.63) is 27.8 Å². The van der Waals surface area contributed by atoms with Crippen LogP contribution in [0.5, 0.6) is 5.75 Å². The normalized spacial score (nSPS) is 10.5. The molecule has 1 aromatic rings. The van der Waals surface area contributed by atoms with Crippen molar-refractivity contribution >= 4 is 12.2 Å². The van der Waals surface area contributed by atoms with Crippen LogP contribution in [-0.4, -0.2) is 17.4 Å². The summed E-state index contributed by atoms with van der Waals surface area (Å²) in [6, 6.07) is 0.401. The number of rotatable bonds is 1. The SMILES string of the molecule is Cc1cc(O)c(/C=N/C(=O)NN)c(=O)o1. The van der Waals surface area contributed by atoms with E-state index in [4.69, 9.17) is 5.84 Å². The van der Waals surface area contributed by atoms with E-state index < -0.39 is 11.7 Å². The average molecular weight is 211 g/mol. The predicted molar refractivity (Wildman–Crippen MR) is 51.7 cm³/mol. The molecule has 7 heteroatoms. The maximum absolute atomic E-state index is 11.2. The first kappa shape index (κ1) is 10.9. The topological polar surface area (TPSA) is 118 Å². The molecule has 1 heterocycles. The van der Waals surface area contributed by atoms with Crippen molar-refractivity contribution in [2.75, 3.05) is 0 Å². The first-order valence-corrected chi connectivity index (χ1v) is 3.93. The Morgan fingerprint density at radius 2 is 2.40 bits per heavy atom. The summed E-state index contributed by atoms with van der Waals surface area (Å²) in [6.45, 7) is 1.51. The smallest absolute Gasteiger partial charge is 0.355 e. The van der Waals surface area contributed by atoms with Crippen molar-refractivity contribution in [3.8, 4) is 5.75 Å². The number of carbonyl (C=O) groups is 1. The second-order valence-corrected chi connectivity index (χ2v) is 2.65. The molecule has 0 spiro atoms. The van der Waals surface area contributed by atoms with Crippen LogP contribution >= 0.6 is 0 Å². The van der Waals surface area contributed by atoms with Gasteiger partial charge in [0.15, 0.2) is 0 Å². The van der Waals surface area contributed by atoms with Crippen LogP contribution < -0.4 is 16.9 Å². The summed E-state index contributed by atoms with van der Waals surface area (Å²) in [5, 5.41) is 9.34. The van der Waals surface area contributed by atoms with Crippen LogP contribution in [0.2, 0.25) is 0 Å². The van der Waals surface area contributed by atoms with E-state index in [-0.39, 0.29) is 17.1 Å². The van der Waals surface area contributed by atoms with Gasteiger partial charge in [0, 0.05) is 6.07 Å². The highest BCUT2D eigenvalue weighted by molar-refractivity contribution is 5.92. The van der Waals surface area contributed by atoms with E-state index >= 15 is 0 Å². The number of carbonyl (C=O) groups excluding carboxylic acids is 1. The molecular formula is C8H9N3O4. The van der Waals surface area contributed by atoms with Gasteiger partial charge in [-0.2, -0.15) is 4.99 Å². The summed E-state index contributed by atoms with van der Waals surface area (Å²) >= 11 is 0. The molecule has 1 rings (SSSR count). The van der Waals surface area contributed by atoms with Crippen LogP contribution in [0.15, 0.2) is 20.3 Å². The lowest BCUT2D eigenvalue weighted by molar-refractivity contribution is 0.249. The fraction of sp³-hybridized carbons (Fsp3) is 0.125. The Kier molecular flexibility index (Phi) is 3.19. The van der Waals surface area contributed by atoms with E-state index in [2.05, 4.69) is 9.41 Å². The Bertz CT molecular complexity index is 463. The van der Waals surface area contributed by atoms with Crippen molar-refractivity contribution in [2.45, 2.75) is 6.92 Å². The highest BCUT2D eigenvalue weighted by atomic mass is 16.4. The van der Waals surface area contributed by atoms with Gasteiger partial charge in [-0.1, -0.05) is 0 Å². The van der Waals surface area contributed by atoms with Gasteiger partial charge in [0.1, 0.15) is 17.1 Å². The van der Waals surface area contributed by atoms with Crippen LogP contribution in [0.1, 0.15) is 11.3 Å². The standard InChI is InChI=1S/C8H9N3O4/c1-4-2-6(12)5(7(13)15-4)3-10-8(14)11-9/h2-3,12H,9H2,1H3,(H,11,14)/b10-3+. The maximum Gasteiger partial charge on any atom is 0.355 e. The lowest BCUT2D eigenvalue weighted by atomic mass is 10.2. The first-order chi connectivity index (χ1) is 7.04. The summed E-state index contributed by atoms with van der Waals surface area (Å²) in [5.74, 6) is 4.71. The molecule has 80 valence electrons. The first-order valence-electron chi connectivity index (χ1n) is 3.93. The lowest BCUT2D eigenvalue weighted by Gasteiger charge is -1.97. The average Bonchev–Trinajstić information content (AvgIpc) is 2.15. The molecule has 0 aliphatic carbocycles. The van der Waals surface area contributed by atoms with Crippen molar-refractivity contribution < 1.29 is 14.3 Å². The quantitative estimate of drug-likeness (QED) is 0.254. The zero-order valence-corrected chi connectivity index (χ0v) is 7.85. The van der Waals surface area contributed by atoms with E-state index in [0.717, 1.165) is 6.21 Å². The van der Waals surface area contributed by atoms with Gasteiger partial charge >= 0.3 is 11.7 Å². The van der Waals surface area contributed by atoms with Gasteiger partial charge in [-0.25, -0.2) is 15.4 Å². The molecule has 15 heavy (non-hydrogen) atoms. The minimum atomic E-state index is -0.839. The van der Waals surface area contributed by atoms with Crippen LogP contribution in [0.3, 0.4) is 0 Å². The van der Waals surface area contributed by atoms with Crippen molar-refractivity contribution in [1.82, 2.24) is 5.43 Å². The Hall–Kier alpha value is -2.15. The zero-order valence-electron chi connectivity index (χ0n) is 7.85. The highest BCUT2D eigenvalue weighted by Crippen LogP contribution is 2.11.